The zero-order valence-electron chi connectivity index (χ0n) is 19.1. The fourth-order valence-electron chi connectivity index (χ4n) is 3.92. The lowest BCUT2D eigenvalue weighted by molar-refractivity contribution is 0.327. The maximum absolute atomic E-state index is 13.4. The zero-order valence-corrected chi connectivity index (χ0v) is 21.5. The highest BCUT2D eigenvalue weighted by Crippen LogP contribution is 2.31. The van der Waals surface area contributed by atoms with Crippen molar-refractivity contribution in [2.24, 2.45) is 0 Å². The largest absolute Gasteiger partial charge is 0.492 e. The van der Waals surface area contributed by atoms with Crippen molar-refractivity contribution in [3.63, 3.8) is 0 Å². The summed E-state index contributed by atoms with van der Waals surface area (Å²) in [5, 5.41) is 4.52. The molecule has 3 heterocycles. The van der Waals surface area contributed by atoms with Gasteiger partial charge in [-0.3, -0.25) is 0 Å². The minimum atomic E-state index is -3.70. The SMILES string of the molecule is CCOc1ccc(Br)cc1S(=O)(=O)N1CCN(c2cc(-n3nc(C)cc3C)nc(C)n2)CC1. The number of nitrogens with zero attached hydrogens (tertiary/aromatic N) is 6. The monoisotopic (exact) mass is 534 g/mol. The van der Waals surface area contributed by atoms with Gasteiger partial charge in [-0.1, -0.05) is 15.9 Å². The Morgan fingerprint density at radius 3 is 2.33 bits per heavy atom. The highest BCUT2D eigenvalue weighted by Gasteiger charge is 2.31. The van der Waals surface area contributed by atoms with E-state index in [-0.39, 0.29) is 4.90 Å². The number of halogens is 1. The Labute approximate surface area is 202 Å². The van der Waals surface area contributed by atoms with Gasteiger partial charge in [-0.05, 0) is 52.0 Å². The molecule has 0 bridgehead atoms. The van der Waals surface area contributed by atoms with Crippen LogP contribution in [0.25, 0.3) is 5.82 Å². The first-order valence-electron chi connectivity index (χ1n) is 10.8. The summed E-state index contributed by atoms with van der Waals surface area (Å²) in [6.45, 7) is 9.73. The fraction of sp³-hybridized carbons (Fsp3) is 0.409. The van der Waals surface area contributed by atoms with Gasteiger partial charge in [0.25, 0.3) is 0 Å². The minimum Gasteiger partial charge on any atom is -0.492 e. The predicted molar refractivity (Wildman–Crippen MR) is 130 cm³/mol. The van der Waals surface area contributed by atoms with E-state index in [1.807, 2.05) is 39.8 Å². The number of piperazine rings is 1. The molecule has 2 aromatic heterocycles. The Kier molecular flexibility index (Phi) is 6.73. The van der Waals surface area contributed by atoms with Gasteiger partial charge in [0.2, 0.25) is 10.0 Å². The molecule has 0 N–H and O–H groups in total. The van der Waals surface area contributed by atoms with Crippen LogP contribution in [-0.4, -0.2) is 65.3 Å². The molecule has 0 aliphatic carbocycles. The molecule has 0 radical (unpaired) electrons. The van der Waals surface area contributed by atoms with Crippen molar-refractivity contribution in [3.8, 4) is 11.6 Å². The third-order valence-electron chi connectivity index (χ3n) is 5.42. The van der Waals surface area contributed by atoms with Crippen LogP contribution in [0.2, 0.25) is 0 Å². The van der Waals surface area contributed by atoms with E-state index >= 15 is 0 Å². The second-order valence-corrected chi connectivity index (χ2v) is 10.7. The van der Waals surface area contributed by atoms with Gasteiger partial charge < -0.3 is 9.64 Å². The maximum atomic E-state index is 13.4. The molecule has 1 saturated heterocycles. The molecule has 11 heteroatoms. The lowest BCUT2D eigenvalue weighted by Gasteiger charge is -2.35. The average molecular weight is 535 g/mol. The average Bonchev–Trinajstić information content (AvgIpc) is 3.12. The first-order chi connectivity index (χ1) is 15.7. The molecule has 1 aromatic carbocycles. The fourth-order valence-corrected chi connectivity index (χ4v) is 6.01. The summed E-state index contributed by atoms with van der Waals surface area (Å²) in [5.41, 5.74) is 1.91. The van der Waals surface area contributed by atoms with Gasteiger partial charge in [-0.2, -0.15) is 9.40 Å². The van der Waals surface area contributed by atoms with Crippen molar-refractivity contribution in [2.45, 2.75) is 32.6 Å². The van der Waals surface area contributed by atoms with Crippen LogP contribution >= 0.6 is 15.9 Å². The highest BCUT2D eigenvalue weighted by molar-refractivity contribution is 9.10. The van der Waals surface area contributed by atoms with Gasteiger partial charge in [-0.25, -0.2) is 23.1 Å². The van der Waals surface area contributed by atoms with E-state index in [1.165, 1.54) is 4.31 Å². The van der Waals surface area contributed by atoms with Gasteiger partial charge in [-0.15, -0.1) is 0 Å². The molecule has 1 aliphatic rings. The Morgan fingerprint density at radius 2 is 1.70 bits per heavy atom. The van der Waals surface area contributed by atoms with E-state index in [9.17, 15) is 8.42 Å². The second kappa shape index (κ2) is 9.40. The molecule has 0 amide bonds. The molecule has 9 nitrogen and oxygen atoms in total. The molecule has 33 heavy (non-hydrogen) atoms. The second-order valence-electron chi connectivity index (χ2n) is 7.89. The number of ether oxygens (including phenoxy) is 1. The van der Waals surface area contributed by atoms with Gasteiger partial charge in [0, 0.05) is 42.4 Å². The summed E-state index contributed by atoms with van der Waals surface area (Å²) in [6, 6.07) is 8.96. The zero-order chi connectivity index (χ0) is 23.8. The molecule has 1 aliphatic heterocycles. The molecule has 0 spiro atoms. The van der Waals surface area contributed by atoms with Crippen LogP contribution in [0.5, 0.6) is 5.75 Å². The summed E-state index contributed by atoms with van der Waals surface area (Å²) in [6.07, 6.45) is 0. The smallest absolute Gasteiger partial charge is 0.246 e. The van der Waals surface area contributed by atoms with Crippen LogP contribution in [0.1, 0.15) is 24.1 Å². The molecular weight excluding hydrogens is 508 g/mol. The van der Waals surface area contributed by atoms with E-state index in [2.05, 4.69) is 35.9 Å². The third-order valence-corrected chi connectivity index (χ3v) is 7.84. The molecule has 0 unspecified atom stereocenters. The number of hydrogen-bond donors (Lipinski definition) is 0. The first-order valence-corrected chi connectivity index (χ1v) is 13.0. The quantitative estimate of drug-likeness (QED) is 0.479. The predicted octanol–water partition coefficient (Wildman–Crippen LogP) is 3.26. The Bertz CT molecular complexity index is 1270. The normalized spacial score (nSPS) is 15.1. The molecule has 0 saturated carbocycles. The Hall–Kier alpha value is -2.50. The van der Waals surface area contributed by atoms with E-state index in [1.54, 1.807) is 22.9 Å². The lowest BCUT2D eigenvalue weighted by atomic mass is 10.3. The summed E-state index contributed by atoms with van der Waals surface area (Å²) in [7, 11) is -3.70. The minimum absolute atomic E-state index is 0.178. The van der Waals surface area contributed by atoms with Crippen molar-refractivity contribution in [3.05, 3.63) is 52.0 Å². The van der Waals surface area contributed by atoms with Crippen molar-refractivity contribution in [1.29, 1.82) is 0 Å². The number of anilines is 1. The number of aromatic nitrogens is 4. The summed E-state index contributed by atoms with van der Waals surface area (Å²) in [4.78, 5) is 11.4. The number of benzene rings is 1. The van der Waals surface area contributed by atoms with Gasteiger partial charge in [0.1, 0.15) is 22.3 Å². The van der Waals surface area contributed by atoms with Crippen LogP contribution in [0.15, 0.2) is 39.7 Å². The maximum Gasteiger partial charge on any atom is 0.246 e. The van der Waals surface area contributed by atoms with Crippen LogP contribution < -0.4 is 9.64 Å². The summed E-state index contributed by atoms with van der Waals surface area (Å²) in [5.74, 6) is 2.47. The summed E-state index contributed by atoms with van der Waals surface area (Å²) >= 11 is 3.38. The van der Waals surface area contributed by atoms with Crippen molar-refractivity contribution >= 4 is 31.8 Å². The standard InChI is InChI=1S/C22H27BrN6O3S/c1-5-32-19-7-6-18(23)13-20(19)33(30,31)28-10-8-27(9-11-28)21-14-22(25-17(4)24-21)29-16(3)12-15(2)26-29/h6-7,12-14H,5,8-11H2,1-4H3. The van der Waals surface area contributed by atoms with Gasteiger partial charge in [0.05, 0.1) is 12.3 Å². The number of rotatable bonds is 6. The third kappa shape index (κ3) is 4.90. The Balaban J connectivity index is 1.55. The highest BCUT2D eigenvalue weighted by atomic mass is 79.9. The number of hydrogen-bond acceptors (Lipinski definition) is 7. The van der Waals surface area contributed by atoms with E-state index < -0.39 is 10.0 Å². The van der Waals surface area contributed by atoms with Gasteiger partial charge >= 0.3 is 0 Å². The topological polar surface area (TPSA) is 93.5 Å². The van der Waals surface area contributed by atoms with E-state index in [0.29, 0.717) is 54.7 Å². The van der Waals surface area contributed by atoms with Crippen LogP contribution in [0.3, 0.4) is 0 Å². The lowest BCUT2D eigenvalue weighted by Crippen LogP contribution is -2.49. The first kappa shape index (κ1) is 23.7. The molecule has 4 rings (SSSR count). The van der Waals surface area contributed by atoms with Crippen molar-refractivity contribution < 1.29 is 13.2 Å². The van der Waals surface area contributed by atoms with Crippen LogP contribution in [-0.2, 0) is 10.0 Å². The molecule has 3 aromatic rings. The van der Waals surface area contributed by atoms with Crippen molar-refractivity contribution in [2.75, 3.05) is 37.7 Å². The molecule has 1 fully saturated rings. The van der Waals surface area contributed by atoms with Crippen LogP contribution in [0, 0.1) is 20.8 Å². The molecule has 176 valence electrons. The van der Waals surface area contributed by atoms with Crippen molar-refractivity contribution in [1.82, 2.24) is 24.1 Å². The van der Waals surface area contributed by atoms with Crippen LogP contribution in [0.4, 0.5) is 5.82 Å². The Morgan fingerprint density at radius 1 is 1.00 bits per heavy atom. The summed E-state index contributed by atoms with van der Waals surface area (Å²) < 4.78 is 36.3. The number of sulfonamides is 1. The molecule has 0 atom stereocenters. The van der Waals surface area contributed by atoms with E-state index in [0.717, 1.165) is 17.2 Å². The number of aryl methyl sites for hydroxylation is 3. The van der Waals surface area contributed by atoms with E-state index in [4.69, 9.17) is 4.74 Å². The molecular formula is C22H27BrN6O3S. The van der Waals surface area contributed by atoms with Gasteiger partial charge in [0.15, 0.2) is 5.82 Å².